The summed E-state index contributed by atoms with van der Waals surface area (Å²) >= 11 is 0. The van der Waals surface area contributed by atoms with Crippen LogP contribution in [0.2, 0.25) is 0 Å². The van der Waals surface area contributed by atoms with Crippen LogP contribution in [0.1, 0.15) is 124 Å². The quantitative estimate of drug-likeness (QED) is 0.186. The Labute approximate surface area is 412 Å². The minimum atomic E-state index is -0.345. The van der Waals surface area contributed by atoms with Crippen LogP contribution in [0.3, 0.4) is 0 Å². The normalized spacial score (nSPS) is 14.9. The van der Waals surface area contributed by atoms with Gasteiger partial charge in [-0.1, -0.05) is 163 Å². The van der Waals surface area contributed by atoms with E-state index >= 15 is 0 Å². The third-order valence-electron chi connectivity index (χ3n) is 15.1. The fraction of sp³-hybridized carbons (Fsp3) is 0.297. The van der Waals surface area contributed by atoms with Gasteiger partial charge in [-0.15, -0.1) is 0 Å². The fourth-order valence-electron chi connectivity index (χ4n) is 11.5. The number of rotatable bonds is 5. The lowest BCUT2D eigenvalue weighted by molar-refractivity contribution is 0.403. The lowest BCUT2D eigenvalue weighted by Gasteiger charge is -2.28. The molecule has 0 atom stereocenters. The van der Waals surface area contributed by atoms with Crippen molar-refractivity contribution in [3.63, 3.8) is 0 Å². The molecule has 3 heterocycles. The Morgan fingerprint density at radius 2 is 1.24 bits per heavy atom. The highest BCUT2D eigenvalue weighted by Crippen LogP contribution is 2.52. The molecule has 0 unspecified atom stereocenters. The largest absolute Gasteiger partial charge is 0.507 e. The number of nitrogens with zero attached hydrogens (tertiary/aromatic N) is 4. The maximum atomic E-state index is 12.7. The minimum Gasteiger partial charge on any atom is -0.507 e. The standard InChI is InChI=1S/C64H64N4O2/c1-60(2,3)39-26-27-52(43(30-39)37-20-15-14-16-21-37)68-53-24-19-23-41(56(53)67-59(68)47-31-40(61(4,5)6)32-50(57(47)69)62(7,8)9)38-28-44-42-22-17-18-25-54(42)70-58(44)46(29-38)55-45-33-48-49(34-51(45)65-36-66-55)64(12,13)35-63(48,10)11/h14-34,36,69H,35H2,1-13H3. The maximum absolute atomic E-state index is 12.7. The molecule has 0 amide bonds. The minimum absolute atomic E-state index is 0.00916. The van der Waals surface area contributed by atoms with Gasteiger partial charge in [0.25, 0.3) is 0 Å². The number of hydrogen-bond acceptors (Lipinski definition) is 5. The molecule has 0 radical (unpaired) electrons. The second-order valence-electron chi connectivity index (χ2n) is 24.3. The van der Waals surface area contributed by atoms with Gasteiger partial charge in [0, 0.05) is 38.4 Å². The van der Waals surface area contributed by atoms with Crippen LogP contribution in [0.25, 0.3) is 94.5 Å². The molecule has 0 spiro atoms. The summed E-state index contributed by atoms with van der Waals surface area (Å²) in [6.45, 7) is 29.4. The van der Waals surface area contributed by atoms with Gasteiger partial charge in [-0.3, -0.25) is 4.57 Å². The average Bonchev–Trinajstić information content (AvgIpc) is 3.93. The van der Waals surface area contributed by atoms with Gasteiger partial charge in [0.15, 0.2) is 0 Å². The molecule has 0 bridgehead atoms. The highest BCUT2D eigenvalue weighted by atomic mass is 16.3. The summed E-state index contributed by atoms with van der Waals surface area (Å²) in [6, 6.07) is 45.7. The SMILES string of the molecule is CC(C)(C)c1ccc(-n2c(-c3cc(C(C)(C)C)cc(C(C)(C)C)c3O)nc3c(-c4cc(-c5ncnc6cc7c(cc56)C(C)(C)CC7(C)C)c5oc6ccccc6c5c4)cccc32)c(-c2ccccc2)c1. The Hall–Kier alpha value is -7.05. The number of phenolic OH excluding ortho intramolecular Hbond substituents is 1. The smallest absolute Gasteiger partial charge is 0.149 e. The molecule has 10 aromatic rings. The fourth-order valence-corrected chi connectivity index (χ4v) is 11.5. The summed E-state index contributed by atoms with van der Waals surface area (Å²) < 4.78 is 9.13. The Morgan fingerprint density at radius 1 is 0.557 bits per heavy atom. The van der Waals surface area contributed by atoms with Gasteiger partial charge in [-0.2, -0.15) is 0 Å². The Balaban J connectivity index is 1.25. The van der Waals surface area contributed by atoms with E-state index in [2.05, 4.69) is 210 Å². The van der Waals surface area contributed by atoms with Gasteiger partial charge in [-0.25, -0.2) is 15.0 Å². The summed E-state index contributed by atoms with van der Waals surface area (Å²) in [7, 11) is 0. The van der Waals surface area contributed by atoms with Crippen molar-refractivity contribution in [2.45, 2.75) is 124 Å². The lowest BCUT2D eigenvalue weighted by Crippen LogP contribution is -2.17. The molecule has 6 nitrogen and oxygen atoms in total. The molecule has 0 saturated heterocycles. The number of aromatic hydroxyl groups is 1. The summed E-state index contributed by atoms with van der Waals surface area (Å²) in [6.07, 6.45) is 2.76. The third kappa shape index (κ3) is 7.32. The van der Waals surface area contributed by atoms with E-state index in [1.165, 1.54) is 16.7 Å². The molecule has 0 saturated carbocycles. The van der Waals surface area contributed by atoms with Gasteiger partial charge < -0.3 is 9.52 Å². The van der Waals surface area contributed by atoms with Crippen LogP contribution in [-0.4, -0.2) is 24.6 Å². The van der Waals surface area contributed by atoms with E-state index in [0.717, 1.165) is 101 Å². The molecule has 6 heteroatoms. The number of aromatic nitrogens is 4. The van der Waals surface area contributed by atoms with Crippen LogP contribution in [0.4, 0.5) is 0 Å². The van der Waals surface area contributed by atoms with E-state index in [1.807, 2.05) is 12.1 Å². The first-order valence-electron chi connectivity index (χ1n) is 24.9. The molecule has 1 aliphatic carbocycles. The first-order valence-corrected chi connectivity index (χ1v) is 24.9. The van der Waals surface area contributed by atoms with Crippen LogP contribution in [0.5, 0.6) is 5.75 Å². The Bertz CT molecular complexity index is 3750. The van der Waals surface area contributed by atoms with Crippen molar-refractivity contribution in [2.75, 3.05) is 0 Å². The molecule has 0 fully saturated rings. The van der Waals surface area contributed by atoms with Crippen molar-refractivity contribution >= 4 is 43.9 Å². The number of phenols is 1. The van der Waals surface area contributed by atoms with Crippen molar-refractivity contribution in [1.29, 1.82) is 0 Å². The molecule has 11 rings (SSSR count). The predicted molar refractivity (Wildman–Crippen MR) is 292 cm³/mol. The van der Waals surface area contributed by atoms with E-state index < -0.39 is 0 Å². The summed E-state index contributed by atoms with van der Waals surface area (Å²) in [4.78, 5) is 15.8. The van der Waals surface area contributed by atoms with E-state index in [0.29, 0.717) is 11.4 Å². The summed E-state index contributed by atoms with van der Waals surface area (Å²) in [5.41, 5.74) is 17.2. The number of benzene rings is 7. The van der Waals surface area contributed by atoms with E-state index in [-0.39, 0.29) is 32.8 Å². The topological polar surface area (TPSA) is 77.0 Å². The highest BCUT2D eigenvalue weighted by Gasteiger charge is 2.42. The third-order valence-corrected chi connectivity index (χ3v) is 15.1. The average molecular weight is 921 g/mol. The van der Waals surface area contributed by atoms with Crippen LogP contribution < -0.4 is 0 Å². The predicted octanol–water partition coefficient (Wildman–Crippen LogP) is 17.1. The van der Waals surface area contributed by atoms with Crippen molar-refractivity contribution in [2.24, 2.45) is 0 Å². The Kier molecular flexibility index (Phi) is 10.0. The maximum Gasteiger partial charge on any atom is 0.149 e. The van der Waals surface area contributed by atoms with E-state index in [9.17, 15) is 5.11 Å². The highest BCUT2D eigenvalue weighted by molar-refractivity contribution is 6.14. The number of furan rings is 1. The van der Waals surface area contributed by atoms with Crippen LogP contribution >= 0.6 is 0 Å². The van der Waals surface area contributed by atoms with Crippen molar-refractivity contribution in [3.05, 3.63) is 162 Å². The number of fused-ring (bicyclic) bond motifs is 6. The zero-order chi connectivity index (χ0) is 49.4. The number of hydrogen-bond donors (Lipinski definition) is 1. The summed E-state index contributed by atoms with van der Waals surface area (Å²) in [5, 5.41) is 15.7. The zero-order valence-corrected chi connectivity index (χ0v) is 43.1. The van der Waals surface area contributed by atoms with Gasteiger partial charge in [0.05, 0.1) is 33.5 Å². The van der Waals surface area contributed by atoms with Crippen LogP contribution in [-0.2, 0) is 27.1 Å². The molecule has 352 valence electrons. The second kappa shape index (κ2) is 15.5. The molecule has 7 aromatic carbocycles. The Morgan fingerprint density at radius 3 is 1.96 bits per heavy atom. The molecular formula is C64H64N4O2. The molecular weight excluding hydrogens is 857 g/mol. The van der Waals surface area contributed by atoms with Crippen LogP contribution in [0, 0.1) is 0 Å². The summed E-state index contributed by atoms with van der Waals surface area (Å²) in [5.74, 6) is 0.918. The van der Waals surface area contributed by atoms with Crippen molar-refractivity contribution in [3.8, 4) is 56.3 Å². The molecule has 1 aliphatic rings. The zero-order valence-electron chi connectivity index (χ0n) is 43.1. The number of imidazole rings is 1. The molecule has 0 aliphatic heterocycles. The second-order valence-corrected chi connectivity index (χ2v) is 24.3. The number of para-hydroxylation sites is 2. The van der Waals surface area contributed by atoms with Gasteiger partial charge >= 0.3 is 0 Å². The van der Waals surface area contributed by atoms with Crippen molar-refractivity contribution in [1.82, 2.24) is 19.5 Å². The van der Waals surface area contributed by atoms with Gasteiger partial charge in [0.2, 0.25) is 0 Å². The monoisotopic (exact) mass is 921 g/mol. The van der Waals surface area contributed by atoms with E-state index in [4.69, 9.17) is 19.4 Å². The molecule has 3 aromatic heterocycles. The lowest BCUT2D eigenvalue weighted by atomic mass is 9.79. The van der Waals surface area contributed by atoms with Gasteiger partial charge in [0.1, 0.15) is 29.1 Å². The first-order chi connectivity index (χ1) is 33.0. The van der Waals surface area contributed by atoms with E-state index in [1.54, 1.807) is 6.33 Å². The molecule has 1 N–H and O–H groups in total. The first kappa shape index (κ1) is 45.4. The van der Waals surface area contributed by atoms with Crippen LogP contribution in [0.15, 0.2) is 138 Å². The van der Waals surface area contributed by atoms with Crippen molar-refractivity contribution < 1.29 is 9.52 Å². The molecule has 70 heavy (non-hydrogen) atoms. The van der Waals surface area contributed by atoms with Gasteiger partial charge in [-0.05, 0) is 121 Å².